The number of aryl methyl sites for hydroxylation is 2. The van der Waals surface area contributed by atoms with Crippen molar-refractivity contribution in [2.24, 2.45) is 7.05 Å². The highest BCUT2D eigenvalue weighted by Crippen LogP contribution is 2.17. The molecule has 5 nitrogen and oxygen atoms in total. The Bertz CT molecular complexity index is 590. The molecule has 5 heteroatoms. The number of carboxylic acids is 1. The number of hydrogen-bond acceptors (Lipinski definition) is 3. The molecular formula is C14H17N3O2. The SMILES string of the molecule is Cc1ccc(NCCc2ccnn2C)c(C(=O)O)c1. The van der Waals surface area contributed by atoms with E-state index in [-0.39, 0.29) is 0 Å². The van der Waals surface area contributed by atoms with Crippen LogP contribution in [0.15, 0.2) is 30.5 Å². The predicted molar refractivity (Wildman–Crippen MR) is 73.5 cm³/mol. The highest BCUT2D eigenvalue weighted by Gasteiger charge is 2.09. The van der Waals surface area contributed by atoms with Crippen LogP contribution < -0.4 is 5.32 Å². The summed E-state index contributed by atoms with van der Waals surface area (Å²) in [5.41, 5.74) is 3.01. The van der Waals surface area contributed by atoms with E-state index in [9.17, 15) is 4.79 Å². The molecule has 0 atom stereocenters. The Morgan fingerprint density at radius 2 is 2.21 bits per heavy atom. The molecule has 0 spiro atoms. The lowest BCUT2D eigenvalue weighted by Crippen LogP contribution is -2.11. The van der Waals surface area contributed by atoms with Gasteiger partial charge in [-0.15, -0.1) is 0 Å². The average Bonchev–Trinajstić information content (AvgIpc) is 2.77. The van der Waals surface area contributed by atoms with Gasteiger partial charge in [0.1, 0.15) is 0 Å². The van der Waals surface area contributed by atoms with Gasteiger partial charge in [0.25, 0.3) is 0 Å². The van der Waals surface area contributed by atoms with Gasteiger partial charge in [0.05, 0.1) is 5.56 Å². The van der Waals surface area contributed by atoms with E-state index in [0.717, 1.165) is 17.7 Å². The quantitative estimate of drug-likeness (QED) is 0.862. The van der Waals surface area contributed by atoms with Crippen molar-refractivity contribution in [3.05, 3.63) is 47.3 Å². The molecule has 2 rings (SSSR count). The summed E-state index contributed by atoms with van der Waals surface area (Å²) < 4.78 is 1.81. The van der Waals surface area contributed by atoms with Gasteiger partial charge in [0, 0.05) is 37.6 Å². The average molecular weight is 259 g/mol. The lowest BCUT2D eigenvalue weighted by atomic mass is 10.1. The van der Waals surface area contributed by atoms with Gasteiger partial charge in [-0.2, -0.15) is 5.10 Å². The van der Waals surface area contributed by atoms with Crippen molar-refractivity contribution >= 4 is 11.7 Å². The molecular weight excluding hydrogens is 242 g/mol. The van der Waals surface area contributed by atoms with Gasteiger partial charge in [-0.05, 0) is 25.1 Å². The fourth-order valence-electron chi connectivity index (χ4n) is 1.96. The van der Waals surface area contributed by atoms with Crippen LogP contribution in [0.25, 0.3) is 0 Å². The summed E-state index contributed by atoms with van der Waals surface area (Å²) in [5, 5.41) is 16.4. The fourth-order valence-corrected chi connectivity index (χ4v) is 1.96. The van der Waals surface area contributed by atoms with Crippen LogP contribution in [-0.4, -0.2) is 27.4 Å². The van der Waals surface area contributed by atoms with Crippen LogP contribution in [0.5, 0.6) is 0 Å². The number of anilines is 1. The van der Waals surface area contributed by atoms with Crippen LogP contribution in [-0.2, 0) is 13.5 Å². The largest absolute Gasteiger partial charge is 0.478 e. The van der Waals surface area contributed by atoms with E-state index in [2.05, 4.69) is 10.4 Å². The molecule has 1 aromatic heterocycles. The number of nitrogens with one attached hydrogen (secondary N) is 1. The van der Waals surface area contributed by atoms with Crippen LogP contribution in [0.4, 0.5) is 5.69 Å². The number of aromatic nitrogens is 2. The Hall–Kier alpha value is -2.30. The molecule has 0 unspecified atom stereocenters. The second kappa shape index (κ2) is 5.56. The molecule has 0 aliphatic rings. The number of benzene rings is 1. The Morgan fingerprint density at radius 1 is 1.42 bits per heavy atom. The van der Waals surface area contributed by atoms with Gasteiger partial charge >= 0.3 is 5.97 Å². The lowest BCUT2D eigenvalue weighted by molar-refractivity contribution is 0.0698. The van der Waals surface area contributed by atoms with Crippen molar-refractivity contribution < 1.29 is 9.90 Å². The highest BCUT2D eigenvalue weighted by atomic mass is 16.4. The van der Waals surface area contributed by atoms with Gasteiger partial charge < -0.3 is 10.4 Å². The van der Waals surface area contributed by atoms with Crippen molar-refractivity contribution in [1.29, 1.82) is 0 Å². The molecule has 0 saturated carbocycles. The zero-order valence-corrected chi connectivity index (χ0v) is 11.1. The third kappa shape index (κ3) is 3.13. The van der Waals surface area contributed by atoms with Crippen molar-refractivity contribution in [3.63, 3.8) is 0 Å². The van der Waals surface area contributed by atoms with Crippen LogP contribution in [0.2, 0.25) is 0 Å². The minimum absolute atomic E-state index is 0.310. The molecule has 0 fully saturated rings. The summed E-state index contributed by atoms with van der Waals surface area (Å²) >= 11 is 0. The molecule has 1 heterocycles. The van der Waals surface area contributed by atoms with E-state index >= 15 is 0 Å². The summed E-state index contributed by atoms with van der Waals surface area (Å²) in [6, 6.07) is 7.34. The molecule has 0 aliphatic heterocycles. The Kier molecular flexibility index (Phi) is 3.85. The van der Waals surface area contributed by atoms with Crippen molar-refractivity contribution in [2.75, 3.05) is 11.9 Å². The van der Waals surface area contributed by atoms with Crippen molar-refractivity contribution in [1.82, 2.24) is 9.78 Å². The van der Waals surface area contributed by atoms with Gasteiger partial charge in [0.2, 0.25) is 0 Å². The van der Waals surface area contributed by atoms with E-state index in [1.807, 2.05) is 36.9 Å². The zero-order chi connectivity index (χ0) is 13.8. The molecule has 0 saturated heterocycles. The Balaban J connectivity index is 2.03. The molecule has 19 heavy (non-hydrogen) atoms. The van der Waals surface area contributed by atoms with Gasteiger partial charge in [-0.25, -0.2) is 4.79 Å². The fraction of sp³-hybridized carbons (Fsp3) is 0.286. The first-order valence-corrected chi connectivity index (χ1v) is 6.12. The van der Waals surface area contributed by atoms with Crippen LogP contribution >= 0.6 is 0 Å². The summed E-state index contributed by atoms with van der Waals surface area (Å²) in [6.07, 6.45) is 2.55. The molecule has 0 bridgehead atoms. The maximum atomic E-state index is 11.2. The van der Waals surface area contributed by atoms with E-state index in [1.165, 1.54) is 0 Å². The van der Waals surface area contributed by atoms with Crippen molar-refractivity contribution in [2.45, 2.75) is 13.3 Å². The van der Waals surface area contributed by atoms with E-state index in [1.54, 1.807) is 12.3 Å². The number of aromatic carboxylic acids is 1. The second-order valence-corrected chi connectivity index (χ2v) is 4.48. The predicted octanol–water partition coefficient (Wildman–Crippen LogP) is 2.08. The smallest absolute Gasteiger partial charge is 0.337 e. The van der Waals surface area contributed by atoms with Crippen LogP contribution in [0.3, 0.4) is 0 Å². The normalized spacial score (nSPS) is 10.4. The number of carbonyl (C=O) groups is 1. The van der Waals surface area contributed by atoms with E-state index in [0.29, 0.717) is 17.8 Å². The highest BCUT2D eigenvalue weighted by molar-refractivity contribution is 5.94. The Morgan fingerprint density at radius 3 is 2.84 bits per heavy atom. The van der Waals surface area contributed by atoms with E-state index in [4.69, 9.17) is 5.11 Å². The van der Waals surface area contributed by atoms with Crippen LogP contribution in [0.1, 0.15) is 21.6 Å². The van der Waals surface area contributed by atoms with Gasteiger partial charge in [-0.1, -0.05) is 11.6 Å². The molecule has 2 N–H and O–H groups in total. The number of carboxylic acid groups (broad SMARTS) is 1. The summed E-state index contributed by atoms with van der Waals surface area (Å²) in [4.78, 5) is 11.2. The standard InChI is InChI=1S/C14H17N3O2/c1-10-3-4-13(12(9-10)14(18)19)15-7-5-11-6-8-16-17(11)2/h3-4,6,8-9,15H,5,7H2,1-2H3,(H,18,19). The summed E-state index contributed by atoms with van der Waals surface area (Å²) in [7, 11) is 1.89. The monoisotopic (exact) mass is 259 g/mol. The first-order valence-electron chi connectivity index (χ1n) is 6.12. The third-order valence-corrected chi connectivity index (χ3v) is 3.02. The lowest BCUT2D eigenvalue weighted by Gasteiger charge is -2.10. The topological polar surface area (TPSA) is 67.2 Å². The Labute approximate surface area is 111 Å². The van der Waals surface area contributed by atoms with Crippen LogP contribution in [0, 0.1) is 6.92 Å². The summed E-state index contributed by atoms with van der Waals surface area (Å²) in [6.45, 7) is 2.55. The number of hydrogen-bond donors (Lipinski definition) is 2. The first kappa shape index (κ1) is 13.1. The first-order chi connectivity index (χ1) is 9.08. The number of nitrogens with zero attached hydrogens (tertiary/aromatic N) is 2. The van der Waals surface area contributed by atoms with Crippen molar-refractivity contribution in [3.8, 4) is 0 Å². The molecule has 1 aromatic carbocycles. The maximum absolute atomic E-state index is 11.2. The third-order valence-electron chi connectivity index (χ3n) is 3.02. The summed E-state index contributed by atoms with van der Waals surface area (Å²) in [5.74, 6) is -0.910. The molecule has 2 aromatic rings. The molecule has 0 amide bonds. The van der Waals surface area contributed by atoms with Gasteiger partial charge in [0.15, 0.2) is 0 Å². The molecule has 100 valence electrons. The number of rotatable bonds is 5. The minimum atomic E-state index is -0.910. The minimum Gasteiger partial charge on any atom is -0.478 e. The second-order valence-electron chi connectivity index (χ2n) is 4.48. The maximum Gasteiger partial charge on any atom is 0.337 e. The van der Waals surface area contributed by atoms with E-state index < -0.39 is 5.97 Å². The van der Waals surface area contributed by atoms with Gasteiger partial charge in [-0.3, -0.25) is 4.68 Å². The zero-order valence-electron chi connectivity index (χ0n) is 11.1. The molecule has 0 aliphatic carbocycles. The molecule has 0 radical (unpaired) electrons.